The van der Waals surface area contributed by atoms with Gasteiger partial charge in [0, 0.05) is 19.3 Å². The topological polar surface area (TPSA) is 72.0 Å². The Morgan fingerprint density at radius 3 is 2.53 bits per heavy atom. The largest absolute Gasteiger partial charge is 0.445 e. The number of anilines is 1. The van der Waals surface area contributed by atoms with Gasteiger partial charge in [-0.15, -0.1) is 0 Å². The maximum atomic E-state index is 12.9. The van der Waals surface area contributed by atoms with Crippen molar-refractivity contribution >= 4 is 18.0 Å². The van der Waals surface area contributed by atoms with E-state index in [-0.39, 0.29) is 18.7 Å². The Bertz CT molecular complexity index is 925. The van der Waals surface area contributed by atoms with E-state index >= 15 is 0 Å². The van der Waals surface area contributed by atoms with Crippen LogP contribution in [-0.2, 0) is 16.1 Å². The molecule has 0 saturated carbocycles. The highest BCUT2D eigenvalue weighted by Gasteiger charge is 2.30. The Balaban J connectivity index is 1.72. The van der Waals surface area contributed by atoms with Crippen molar-refractivity contribution in [2.45, 2.75) is 78.0 Å². The molecule has 2 heterocycles. The normalized spacial score (nSPS) is 16.1. The minimum atomic E-state index is -0.579. The Morgan fingerprint density at radius 1 is 1.12 bits per heavy atom. The van der Waals surface area contributed by atoms with Gasteiger partial charge in [0.2, 0.25) is 0 Å². The van der Waals surface area contributed by atoms with Crippen LogP contribution >= 0.6 is 0 Å². The molecule has 7 nitrogen and oxygen atoms in total. The molecule has 7 heteroatoms. The molecule has 1 aliphatic rings. The third-order valence-electron chi connectivity index (χ3n) is 5.72. The monoisotopic (exact) mass is 467 g/mol. The zero-order valence-electron chi connectivity index (χ0n) is 20.8. The number of pyridine rings is 1. The molecule has 1 saturated heterocycles. The number of unbranched alkanes of at least 4 members (excludes halogenated alkanes) is 1. The Morgan fingerprint density at radius 2 is 1.88 bits per heavy atom. The first-order valence-electron chi connectivity index (χ1n) is 12.2. The predicted octanol–water partition coefficient (Wildman–Crippen LogP) is 6.49. The summed E-state index contributed by atoms with van der Waals surface area (Å²) < 4.78 is 11.2. The number of amides is 2. The number of carbonyl (C=O) groups is 2. The fourth-order valence-corrected chi connectivity index (χ4v) is 3.99. The zero-order chi connectivity index (χ0) is 24.6. The summed E-state index contributed by atoms with van der Waals surface area (Å²) in [5.41, 5.74) is 1.33. The number of carbonyl (C=O) groups excluding carboxylic acids is 2. The second-order valence-corrected chi connectivity index (χ2v) is 9.68. The number of rotatable bonds is 7. The summed E-state index contributed by atoms with van der Waals surface area (Å²) in [6.45, 7) is 9.09. The molecular weight excluding hydrogens is 430 g/mol. The lowest BCUT2D eigenvalue weighted by molar-refractivity contribution is 0.0578. The van der Waals surface area contributed by atoms with Crippen LogP contribution in [0.5, 0.6) is 0 Å². The smallest absolute Gasteiger partial charge is 0.416 e. The molecule has 1 aliphatic heterocycles. The maximum absolute atomic E-state index is 12.9. The highest BCUT2D eigenvalue weighted by Crippen LogP contribution is 2.32. The lowest BCUT2D eigenvalue weighted by Gasteiger charge is -2.35. The van der Waals surface area contributed by atoms with Gasteiger partial charge in [0.1, 0.15) is 18.0 Å². The highest BCUT2D eigenvalue weighted by atomic mass is 16.6. The molecule has 3 rings (SSSR count). The van der Waals surface area contributed by atoms with E-state index in [1.165, 1.54) is 0 Å². The molecular formula is C27H37N3O4. The molecule has 184 valence electrons. The maximum Gasteiger partial charge on any atom is 0.416 e. The summed E-state index contributed by atoms with van der Waals surface area (Å²) in [6.07, 6.45) is 5.72. The van der Waals surface area contributed by atoms with Crippen molar-refractivity contribution in [2.24, 2.45) is 0 Å². The molecule has 0 N–H and O–H groups in total. The van der Waals surface area contributed by atoms with Crippen molar-refractivity contribution in [1.29, 1.82) is 0 Å². The van der Waals surface area contributed by atoms with Crippen LogP contribution in [0.4, 0.5) is 15.4 Å². The fourth-order valence-electron chi connectivity index (χ4n) is 3.99. The average molecular weight is 468 g/mol. The van der Waals surface area contributed by atoms with Gasteiger partial charge in [-0.1, -0.05) is 49.7 Å². The Kier molecular flexibility index (Phi) is 8.91. The number of aromatic nitrogens is 1. The van der Waals surface area contributed by atoms with E-state index in [0.29, 0.717) is 18.9 Å². The van der Waals surface area contributed by atoms with Gasteiger partial charge in [0.05, 0.1) is 6.04 Å². The molecule has 1 fully saturated rings. The minimum Gasteiger partial charge on any atom is -0.445 e. The quantitative estimate of drug-likeness (QED) is 0.465. The number of nitrogens with zero attached hydrogens (tertiary/aromatic N) is 3. The van der Waals surface area contributed by atoms with E-state index in [9.17, 15) is 9.59 Å². The number of likely N-dealkylation sites (tertiary alicyclic amines) is 1. The van der Waals surface area contributed by atoms with Gasteiger partial charge in [-0.05, 0) is 63.6 Å². The summed E-state index contributed by atoms with van der Waals surface area (Å²) in [4.78, 5) is 33.6. The molecule has 1 aromatic heterocycles. The first-order chi connectivity index (χ1) is 16.3. The van der Waals surface area contributed by atoms with Crippen LogP contribution in [0.2, 0.25) is 0 Å². The molecule has 0 aliphatic carbocycles. The first kappa shape index (κ1) is 25.5. The van der Waals surface area contributed by atoms with Crippen LogP contribution in [0.1, 0.15) is 77.0 Å². The van der Waals surface area contributed by atoms with E-state index in [4.69, 9.17) is 9.47 Å². The molecule has 2 amide bonds. The standard InChI is InChI=1S/C27H37N3O4/c1-5-6-17-30(26(32)34-27(2,3)4)24-16-15-22(19-28-24)23-14-10-11-18-29(23)25(31)33-20-21-12-8-7-9-13-21/h7-9,12-13,15-16,19,23H,5-6,10-11,14,17-18,20H2,1-4H3/t23-/m0/s1. The number of hydrogen-bond donors (Lipinski definition) is 0. The minimum absolute atomic E-state index is 0.0933. The fraction of sp³-hybridized carbons (Fsp3) is 0.519. The molecule has 0 bridgehead atoms. The van der Waals surface area contributed by atoms with Crippen LogP contribution in [0.25, 0.3) is 0 Å². The van der Waals surface area contributed by atoms with Crippen LogP contribution in [0, 0.1) is 0 Å². The van der Waals surface area contributed by atoms with Gasteiger partial charge in [0.15, 0.2) is 0 Å². The molecule has 2 aromatic rings. The lowest BCUT2D eigenvalue weighted by atomic mass is 9.97. The number of benzene rings is 1. The summed E-state index contributed by atoms with van der Waals surface area (Å²) in [6, 6.07) is 13.4. The first-order valence-corrected chi connectivity index (χ1v) is 12.2. The van der Waals surface area contributed by atoms with Gasteiger partial charge >= 0.3 is 12.2 Å². The second kappa shape index (κ2) is 11.9. The molecule has 0 unspecified atom stereocenters. The summed E-state index contributed by atoms with van der Waals surface area (Å²) in [5, 5.41) is 0. The number of piperidine rings is 1. The molecule has 1 atom stereocenters. The van der Waals surface area contributed by atoms with Crippen LogP contribution in [-0.4, -0.2) is 40.8 Å². The van der Waals surface area contributed by atoms with Crippen LogP contribution < -0.4 is 4.90 Å². The summed E-state index contributed by atoms with van der Waals surface area (Å²) in [5.74, 6) is 0.556. The van der Waals surface area contributed by atoms with Crippen LogP contribution in [0.15, 0.2) is 48.7 Å². The Hall–Kier alpha value is -3.09. The third-order valence-corrected chi connectivity index (χ3v) is 5.72. The van der Waals surface area contributed by atoms with Crippen LogP contribution in [0.3, 0.4) is 0 Å². The second-order valence-electron chi connectivity index (χ2n) is 9.68. The van der Waals surface area contributed by atoms with E-state index < -0.39 is 11.7 Å². The summed E-state index contributed by atoms with van der Waals surface area (Å²) in [7, 11) is 0. The SMILES string of the molecule is CCCCN(C(=O)OC(C)(C)C)c1ccc([C@@H]2CCCCN2C(=O)OCc2ccccc2)cn1. The predicted molar refractivity (Wildman–Crippen MR) is 133 cm³/mol. The van der Waals surface area contributed by atoms with E-state index in [1.54, 1.807) is 16.0 Å². The zero-order valence-corrected chi connectivity index (χ0v) is 20.8. The molecule has 34 heavy (non-hydrogen) atoms. The van der Waals surface area contributed by atoms with Gasteiger partial charge in [-0.2, -0.15) is 0 Å². The average Bonchev–Trinajstić information content (AvgIpc) is 2.83. The highest BCUT2D eigenvalue weighted by molar-refractivity contribution is 5.86. The van der Waals surface area contributed by atoms with Gasteiger partial charge in [-0.3, -0.25) is 4.90 Å². The van der Waals surface area contributed by atoms with Crippen molar-refractivity contribution in [3.63, 3.8) is 0 Å². The van der Waals surface area contributed by atoms with Crippen molar-refractivity contribution in [1.82, 2.24) is 9.88 Å². The Labute approximate surface area is 203 Å². The van der Waals surface area contributed by atoms with Gasteiger partial charge < -0.3 is 14.4 Å². The van der Waals surface area contributed by atoms with E-state index in [1.807, 2.05) is 63.2 Å². The lowest BCUT2D eigenvalue weighted by Crippen LogP contribution is -2.39. The van der Waals surface area contributed by atoms with Crippen molar-refractivity contribution in [3.05, 3.63) is 59.8 Å². The molecule has 0 radical (unpaired) electrons. The van der Waals surface area contributed by atoms with Crippen molar-refractivity contribution in [3.8, 4) is 0 Å². The number of ether oxygens (including phenoxy) is 2. The molecule has 1 aromatic carbocycles. The van der Waals surface area contributed by atoms with Gasteiger partial charge in [-0.25, -0.2) is 14.6 Å². The summed E-state index contributed by atoms with van der Waals surface area (Å²) >= 11 is 0. The van der Waals surface area contributed by atoms with Gasteiger partial charge in [0.25, 0.3) is 0 Å². The third kappa shape index (κ3) is 7.20. The van der Waals surface area contributed by atoms with Crippen molar-refractivity contribution < 1.29 is 19.1 Å². The van der Waals surface area contributed by atoms with Crippen molar-refractivity contribution in [2.75, 3.05) is 18.0 Å². The number of hydrogen-bond acceptors (Lipinski definition) is 5. The van der Waals surface area contributed by atoms with E-state index in [2.05, 4.69) is 11.9 Å². The molecule has 0 spiro atoms. The van der Waals surface area contributed by atoms with E-state index in [0.717, 1.165) is 43.2 Å².